The van der Waals surface area contributed by atoms with Crippen LogP contribution in [0.1, 0.15) is 0 Å². The van der Waals surface area contributed by atoms with Crippen molar-refractivity contribution >= 4 is 38.1 Å². The number of hydrogen-bond donors (Lipinski definition) is 4. The molecule has 0 saturated carbocycles. The normalized spacial score (nSPS) is 14.4. The number of carbonyl (C=O) groups is 2. The molecule has 0 aromatic rings. The number of aliphatic carboxylic acids is 2. The fourth-order valence-corrected chi connectivity index (χ4v) is 0.270. The van der Waals surface area contributed by atoms with Crippen LogP contribution in [0.5, 0.6) is 0 Å². The molecule has 0 amide bonds. The molecule has 0 aromatic heterocycles. The van der Waals surface area contributed by atoms with Crippen LogP contribution in [-0.4, -0.2) is 70.8 Å². The van der Waals surface area contributed by atoms with Crippen LogP contribution in [0.3, 0.4) is 0 Å². The van der Waals surface area contributed by atoms with Crippen molar-refractivity contribution in [3.63, 3.8) is 0 Å². The summed E-state index contributed by atoms with van der Waals surface area (Å²) < 4.78 is 0. The second-order valence-electron chi connectivity index (χ2n) is 1.57. The molecule has 2 unspecified atom stereocenters. The number of carboxylic acids is 2. The molecule has 7 heteroatoms. The summed E-state index contributed by atoms with van der Waals surface area (Å²) in [6.07, 6.45) is -4.53. The van der Waals surface area contributed by atoms with E-state index in [1.165, 1.54) is 0 Å². The predicted octanol–water partition coefficient (Wildman–Crippen LogP) is -2.77. The molecule has 0 aliphatic carbocycles. The van der Waals surface area contributed by atoms with Crippen LogP contribution >= 0.6 is 0 Å². The van der Waals surface area contributed by atoms with E-state index >= 15 is 0 Å². The summed E-state index contributed by atoms with van der Waals surface area (Å²) >= 11 is 0. The van der Waals surface area contributed by atoms with E-state index in [0.29, 0.717) is 0 Å². The van der Waals surface area contributed by atoms with Crippen LogP contribution in [0.4, 0.5) is 0 Å². The Hall–Kier alpha value is -0.257. The maximum absolute atomic E-state index is 9.77. The molecular formula is C4H7BiO6. The third-order valence-corrected chi connectivity index (χ3v) is 0.805. The molecule has 0 aromatic carbocycles. The van der Waals surface area contributed by atoms with E-state index in [-0.39, 0.29) is 26.2 Å². The van der Waals surface area contributed by atoms with Gasteiger partial charge in [0.1, 0.15) is 0 Å². The molecule has 0 fully saturated rings. The Kier molecular flexibility index (Phi) is 6.55. The average molecular weight is 360 g/mol. The monoisotopic (exact) mass is 360 g/mol. The van der Waals surface area contributed by atoms with Gasteiger partial charge in [-0.25, -0.2) is 9.59 Å². The fraction of sp³-hybridized carbons (Fsp3) is 0.500. The third-order valence-electron chi connectivity index (χ3n) is 0.805. The summed E-state index contributed by atoms with van der Waals surface area (Å²) in [4.78, 5) is 19.5. The van der Waals surface area contributed by atoms with Gasteiger partial charge in [0.25, 0.3) is 0 Å². The van der Waals surface area contributed by atoms with Gasteiger partial charge in [-0.2, -0.15) is 0 Å². The first-order valence-electron chi connectivity index (χ1n) is 2.28. The molecule has 0 bridgehead atoms. The fourth-order valence-electron chi connectivity index (χ4n) is 0.270. The second-order valence-corrected chi connectivity index (χ2v) is 1.57. The quantitative estimate of drug-likeness (QED) is 0.405. The summed E-state index contributed by atoms with van der Waals surface area (Å²) in [6, 6.07) is 0. The summed E-state index contributed by atoms with van der Waals surface area (Å²) in [6.45, 7) is 0. The van der Waals surface area contributed by atoms with Gasteiger partial charge in [0, 0.05) is 0 Å². The Labute approximate surface area is 80.6 Å². The van der Waals surface area contributed by atoms with Gasteiger partial charge in [-0.3, -0.25) is 0 Å². The van der Waals surface area contributed by atoms with Gasteiger partial charge in [-0.05, 0) is 0 Å². The Morgan fingerprint density at radius 2 is 1.09 bits per heavy atom. The van der Waals surface area contributed by atoms with Crippen LogP contribution in [0, 0.1) is 0 Å². The van der Waals surface area contributed by atoms with Crippen molar-refractivity contribution in [2.45, 2.75) is 12.2 Å². The number of carboxylic acid groups (broad SMARTS) is 2. The van der Waals surface area contributed by atoms with Crippen molar-refractivity contribution in [1.82, 2.24) is 0 Å². The van der Waals surface area contributed by atoms with Crippen LogP contribution in [-0.2, 0) is 9.59 Å². The molecule has 0 aliphatic rings. The van der Waals surface area contributed by atoms with Crippen LogP contribution in [0.15, 0.2) is 0 Å². The van der Waals surface area contributed by atoms with Gasteiger partial charge in [0.2, 0.25) is 0 Å². The van der Waals surface area contributed by atoms with Crippen molar-refractivity contribution in [3.8, 4) is 0 Å². The standard InChI is InChI=1S/C4H6O6.Bi.H/c5-1(3(7)8)2(6)4(9)10;;/h1-2,5-6H,(H,7,8)(H,9,10);;. The van der Waals surface area contributed by atoms with Gasteiger partial charge >= 0.3 is 38.1 Å². The molecule has 0 heterocycles. The van der Waals surface area contributed by atoms with E-state index in [1.54, 1.807) is 0 Å². The molecular weight excluding hydrogens is 353 g/mol. The van der Waals surface area contributed by atoms with E-state index < -0.39 is 24.1 Å². The predicted molar refractivity (Wildman–Crippen MR) is 34.4 cm³/mol. The van der Waals surface area contributed by atoms with E-state index in [4.69, 9.17) is 20.4 Å². The molecule has 2 radical (unpaired) electrons. The van der Waals surface area contributed by atoms with Gasteiger partial charge < -0.3 is 20.4 Å². The SMILES string of the molecule is O=C(O)C(O)C(O)C(=O)O.[BiH]. The zero-order valence-corrected chi connectivity index (χ0v) is 9.15. The van der Waals surface area contributed by atoms with Gasteiger partial charge in [-0.15, -0.1) is 0 Å². The van der Waals surface area contributed by atoms with Gasteiger partial charge in [-0.1, -0.05) is 0 Å². The van der Waals surface area contributed by atoms with Gasteiger partial charge in [0.05, 0.1) is 0 Å². The zero-order chi connectivity index (χ0) is 8.31. The molecule has 0 rings (SSSR count). The van der Waals surface area contributed by atoms with Gasteiger partial charge in [0.15, 0.2) is 12.2 Å². The first-order valence-corrected chi connectivity index (χ1v) is 2.28. The summed E-state index contributed by atoms with van der Waals surface area (Å²) in [7, 11) is 0. The number of rotatable bonds is 3. The second kappa shape index (κ2) is 5.40. The zero-order valence-electron chi connectivity index (χ0n) is 5.26. The summed E-state index contributed by atoms with van der Waals surface area (Å²) in [5, 5.41) is 32.5. The number of aliphatic hydroxyl groups excluding tert-OH is 2. The number of hydrogen-bond acceptors (Lipinski definition) is 4. The van der Waals surface area contributed by atoms with E-state index in [1.807, 2.05) is 0 Å². The van der Waals surface area contributed by atoms with Crippen molar-refractivity contribution in [1.29, 1.82) is 0 Å². The summed E-state index contributed by atoms with van der Waals surface area (Å²) in [5.41, 5.74) is 0. The van der Waals surface area contributed by atoms with Crippen LogP contribution in [0.25, 0.3) is 0 Å². The van der Waals surface area contributed by atoms with E-state index in [2.05, 4.69) is 0 Å². The van der Waals surface area contributed by atoms with Crippen molar-refractivity contribution in [2.75, 3.05) is 0 Å². The van der Waals surface area contributed by atoms with E-state index in [0.717, 1.165) is 0 Å². The molecule has 0 spiro atoms. The molecule has 0 aliphatic heterocycles. The molecule has 0 saturated heterocycles. The molecule has 2 atom stereocenters. The minimum atomic E-state index is -2.27. The molecule has 4 N–H and O–H groups in total. The van der Waals surface area contributed by atoms with Crippen molar-refractivity contribution in [3.05, 3.63) is 0 Å². The first-order chi connectivity index (χ1) is 4.46. The topological polar surface area (TPSA) is 115 Å². The first kappa shape index (κ1) is 13.3. The third kappa shape index (κ3) is 4.24. The average Bonchev–Trinajstić information content (AvgIpc) is 1.84. The van der Waals surface area contributed by atoms with Crippen molar-refractivity contribution < 1.29 is 30.0 Å². The molecule has 64 valence electrons. The van der Waals surface area contributed by atoms with Crippen molar-refractivity contribution in [2.24, 2.45) is 0 Å². The minimum absolute atomic E-state index is 0. The maximum atomic E-state index is 9.77. The summed E-state index contributed by atoms with van der Waals surface area (Å²) in [5.74, 6) is -3.54. The molecule has 11 heavy (non-hydrogen) atoms. The Bertz CT molecular complexity index is 139. The Balaban J connectivity index is 0. The van der Waals surface area contributed by atoms with Crippen LogP contribution in [0.2, 0.25) is 0 Å². The molecule has 6 nitrogen and oxygen atoms in total. The number of aliphatic hydroxyl groups is 2. The Morgan fingerprint density at radius 1 is 0.909 bits per heavy atom. The van der Waals surface area contributed by atoms with Crippen LogP contribution < -0.4 is 0 Å². The Morgan fingerprint density at radius 3 is 1.18 bits per heavy atom. The van der Waals surface area contributed by atoms with E-state index in [9.17, 15) is 9.59 Å².